The number of aromatic nitrogens is 2. The van der Waals surface area contributed by atoms with Gasteiger partial charge >= 0.3 is 6.03 Å². The van der Waals surface area contributed by atoms with Crippen molar-refractivity contribution >= 4 is 17.8 Å². The van der Waals surface area contributed by atoms with E-state index in [1.807, 2.05) is 0 Å². The minimum atomic E-state index is -0.359. The Bertz CT molecular complexity index is 871. The number of H-pyrrole nitrogens is 1. The Hall–Kier alpha value is -3.23. The lowest BCUT2D eigenvalue weighted by atomic mass is 10.0. The number of benzene rings is 1. The van der Waals surface area contributed by atoms with Gasteiger partial charge in [-0.3, -0.25) is 19.6 Å². The number of carbonyl (C=O) groups is 3. The molecule has 9 heteroatoms. The van der Waals surface area contributed by atoms with Crippen molar-refractivity contribution in [3.63, 3.8) is 0 Å². The molecule has 0 atom stereocenters. The van der Waals surface area contributed by atoms with Crippen LogP contribution in [0, 0.1) is 5.82 Å². The second-order valence-corrected chi connectivity index (χ2v) is 6.62. The van der Waals surface area contributed by atoms with Crippen LogP contribution >= 0.6 is 0 Å². The van der Waals surface area contributed by atoms with Gasteiger partial charge in [-0.05, 0) is 43.2 Å². The minimum Gasteiger partial charge on any atom is -0.337 e. The van der Waals surface area contributed by atoms with Crippen molar-refractivity contribution < 1.29 is 18.8 Å². The van der Waals surface area contributed by atoms with Crippen LogP contribution in [0.2, 0.25) is 0 Å². The van der Waals surface area contributed by atoms with Crippen molar-refractivity contribution in [2.24, 2.45) is 0 Å². The number of nitrogens with one attached hydrogen (secondary N) is 2. The maximum absolute atomic E-state index is 13.0. The largest absolute Gasteiger partial charge is 0.337 e. The quantitative estimate of drug-likeness (QED) is 0.796. The van der Waals surface area contributed by atoms with Crippen molar-refractivity contribution in [1.29, 1.82) is 0 Å². The number of rotatable bonds is 3. The number of amides is 4. The summed E-state index contributed by atoms with van der Waals surface area (Å²) >= 11 is 0. The second-order valence-electron chi connectivity index (χ2n) is 6.62. The lowest BCUT2D eigenvalue weighted by molar-refractivity contribution is -0.127. The van der Waals surface area contributed by atoms with Gasteiger partial charge in [-0.25, -0.2) is 9.18 Å². The number of nitrogens with zero attached hydrogens (tertiary/aromatic N) is 3. The molecule has 1 aromatic carbocycles. The SMILES string of the molecule is O=C(c1cc(-c2ccc(F)cc2)n[nH]1)N1CCC(N2C(=O)CNC2=O)CC1. The molecule has 0 radical (unpaired) electrons. The summed E-state index contributed by atoms with van der Waals surface area (Å²) in [5.74, 6) is -0.743. The number of halogens is 1. The smallest absolute Gasteiger partial charge is 0.324 e. The van der Waals surface area contributed by atoms with Crippen molar-refractivity contribution in [1.82, 2.24) is 25.3 Å². The molecule has 2 aromatic rings. The molecule has 4 rings (SSSR count). The molecule has 0 spiro atoms. The van der Waals surface area contributed by atoms with Crippen molar-refractivity contribution in [3.05, 3.63) is 41.8 Å². The standard InChI is InChI=1S/C18H18FN5O3/c19-12-3-1-11(2-4-12)14-9-15(22-21-14)17(26)23-7-5-13(6-8-23)24-16(25)10-20-18(24)27/h1-4,9,13H,5-8,10H2,(H,20,27)(H,21,22). The molecule has 2 aliphatic rings. The molecule has 1 aromatic heterocycles. The second kappa shape index (κ2) is 6.82. The molecular weight excluding hydrogens is 353 g/mol. The van der Waals surface area contributed by atoms with Gasteiger partial charge in [-0.1, -0.05) is 0 Å². The third-order valence-electron chi connectivity index (χ3n) is 4.94. The molecule has 0 unspecified atom stereocenters. The summed E-state index contributed by atoms with van der Waals surface area (Å²) in [6.07, 6.45) is 1.09. The van der Waals surface area contributed by atoms with Gasteiger partial charge in [0, 0.05) is 24.7 Å². The molecule has 2 saturated heterocycles. The van der Waals surface area contributed by atoms with Crippen LogP contribution in [0.15, 0.2) is 30.3 Å². The number of urea groups is 1. The maximum atomic E-state index is 13.0. The summed E-state index contributed by atoms with van der Waals surface area (Å²) in [6, 6.07) is 6.98. The van der Waals surface area contributed by atoms with E-state index in [0.29, 0.717) is 42.9 Å². The first-order valence-electron chi connectivity index (χ1n) is 8.73. The van der Waals surface area contributed by atoms with Crippen molar-refractivity contribution in [2.45, 2.75) is 18.9 Å². The topological polar surface area (TPSA) is 98.4 Å². The molecule has 4 amide bonds. The first kappa shape index (κ1) is 17.2. The molecule has 3 heterocycles. The van der Waals surface area contributed by atoms with E-state index >= 15 is 0 Å². The third kappa shape index (κ3) is 3.27. The van der Waals surface area contributed by atoms with E-state index in [4.69, 9.17) is 0 Å². The molecular formula is C18H18FN5O3. The predicted octanol–water partition coefficient (Wildman–Crippen LogP) is 1.37. The van der Waals surface area contributed by atoms with Crippen LogP contribution in [0.25, 0.3) is 11.3 Å². The van der Waals surface area contributed by atoms with Crippen molar-refractivity contribution in [3.8, 4) is 11.3 Å². The Labute approximate surface area is 154 Å². The van der Waals surface area contributed by atoms with Gasteiger partial charge in [-0.2, -0.15) is 5.10 Å². The van der Waals surface area contributed by atoms with Crippen LogP contribution in [0.4, 0.5) is 9.18 Å². The minimum absolute atomic E-state index is 0.0400. The Kier molecular flexibility index (Phi) is 4.35. The predicted molar refractivity (Wildman–Crippen MR) is 93.2 cm³/mol. The highest BCUT2D eigenvalue weighted by atomic mass is 19.1. The fraction of sp³-hybridized carbons (Fsp3) is 0.333. The number of carbonyl (C=O) groups excluding carboxylic acids is 3. The fourth-order valence-electron chi connectivity index (χ4n) is 3.50. The highest BCUT2D eigenvalue weighted by Gasteiger charge is 2.37. The number of hydrogen-bond donors (Lipinski definition) is 2. The zero-order valence-corrected chi connectivity index (χ0v) is 14.4. The summed E-state index contributed by atoms with van der Waals surface area (Å²) in [6.45, 7) is 0.940. The van der Waals surface area contributed by atoms with Crippen LogP contribution in [0.1, 0.15) is 23.3 Å². The lowest BCUT2D eigenvalue weighted by Crippen LogP contribution is -2.49. The molecule has 8 nitrogen and oxygen atoms in total. The van der Waals surface area contributed by atoms with Crippen LogP contribution in [-0.2, 0) is 4.79 Å². The van der Waals surface area contributed by atoms with Gasteiger partial charge in [0.05, 0.1) is 12.2 Å². The van der Waals surface area contributed by atoms with E-state index in [2.05, 4.69) is 15.5 Å². The van der Waals surface area contributed by atoms with E-state index in [-0.39, 0.29) is 36.2 Å². The van der Waals surface area contributed by atoms with E-state index < -0.39 is 0 Å². The fourth-order valence-corrected chi connectivity index (χ4v) is 3.50. The molecule has 2 aliphatic heterocycles. The maximum Gasteiger partial charge on any atom is 0.324 e. The number of aromatic amines is 1. The van der Waals surface area contributed by atoms with Gasteiger partial charge in [-0.15, -0.1) is 0 Å². The average Bonchev–Trinajstić information content (AvgIpc) is 3.29. The van der Waals surface area contributed by atoms with E-state index in [1.165, 1.54) is 17.0 Å². The molecule has 0 aliphatic carbocycles. The van der Waals surface area contributed by atoms with Gasteiger partial charge < -0.3 is 10.2 Å². The number of piperidine rings is 1. The zero-order chi connectivity index (χ0) is 19.0. The van der Waals surface area contributed by atoms with E-state index in [1.54, 1.807) is 23.1 Å². The van der Waals surface area contributed by atoms with Crippen LogP contribution in [-0.4, -0.2) is 63.5 Å². The van der Waals surface area contributed by atoms with Crippen molar-refractivity contribution in [2.75, 3.05) is 19.6 Å². The first-order chi connectivity index (χ1) is 13.0. The molecule has 0 bridgehead atoms. The molecule has 2 N–H and O–H groups in total. The van der Waals surface area contributed by atoms with Gasteiger partial charge in [0.15, 0.2) is 0 Å². The molecule has 27 heavy (non-hydrogen) atoms. The van der Waals surface area contributed by atoms with Gasteiger partial charge in [0.1, 0.15) is 11.5 Å². The van der Waals surface area contributed by atoms with Crippen LogP contribution in [0.5, 0.6) is 0 Å². The zero-order valence-electron chi connectivity index (χ0n) is 14.4. The van der Waals surface area contributed by atoms with Gasteiger partial charge in [0.25, 0.3) is 5.91 Å². The Balaban J connectivity index is 1.40. The molecule has 2 fully saturated rings. The molecule has 0 saturated carbocycles. The van der Waals surface area contributed by atoms with E-state index in [9.17, 15) is 18.8 Å². The monoisotopic (exact) mass is 371 g/mol. The summed E-state index contributed by atoms with van der Waals surface area (Å²) in [5.41, 5.74) is 1.62. The normalized spacial score (nSPS) is 18.1. The van der Waals surface area contributed by atoms with Crippen LogP contribution < -0.4 is 5.32 Å². The Morgan fingerprint density at radius 1 is 1.15 bits per heavy atom. The van der Waals surface area contributed by atoms with Crippen LogP contribution in [0.3, 0.4) is 0 Å². The Morgan fingerprint density at radius 3 is 2.48 bits per heavy atom. The highest BCUT2D eigenvalue weighted by molar-refractivity contribution is 6.02. The number of imide groups is 1. The number of likely N-dealkylation sites (tertiary alicyclic amines) is 1. The highest BCUT2D eigenvalue weighted by Crippen LogP contribution is 2.22. The lowest BCUT2D eigenvalue weighted by Gasteiger charge is -2.34. The van der Waals surface area contributed by atoms with Gasteiger partial charge in [0.2, 0.25) is 5.91 Å². The first-order valence-corrected chi connectivity index (χ1v) is 8.73. The summed E-state index contributed by atoms with van der Waals surface area (Å²) < 4.78 is 13.0. The van der Waals surface area contributed by atoms with E-state index in [0.717, 1.165) is 0 Å². The molecule has 140 valence electrons. The summed E-state index contributed by atoms with van der Waals surface area (Å²) in [7, 11) is 0. The third-order valence-corrected chi connectivity index (χ3v) is 4.94. The number of hydrogen-bond acceptors (Lipinski definition) is 4. The average molecular weight is 371 g/mol. The Morgan fingerprint density at radius 2 is 1.85 bits per heavy atom. The summed E-state index contributed by atoms with van der Waals surface area (Å²) in [4.78, 5) is 39.2. The summed E-state index contributed by atoms with van der Waals surface area (Å²) in [5, 5.41) is 9.38.